The van der Waals surface area contributed by atoms with Gasteiger partial charge in [0.2, 0.25) is 5.75 Å². The van der Waals surface area contributed by atoms with Gasteiger partial charge in [-0.1, -0.05) is 35.9 Å². The lowest BCUT2D eigenvalue weighted by atomic mass is 10.1. The number of para-hydroxylation sites is 2. The van der Waals surface area contributed by atoms with Crippen LogP contribution in [0, 0.1) is 0 Å². The van der Waals surface area contributed by atoms with Crippen molar-refractivity contribution in [2.45, 2.75) is 13.0 Å². The third-order valence-electron chi connectivity index (χ3n) is 5.55. The van der Waals surface area contributed by atoms with Gasteiger partial charge in [-0.3, -0.25) is 4.79 Å². The van der Waals surface area contributed by atoms with Crippen molar-refractivity contribution in [2.24, 2.45) is 0 Å². The second-order valence-electron chi connectivity index (χ2n) is 7.65. The molecule has 4 rings (SSSR count). The van der Waals surface area contributed by atoms with E-state index in [0.29, 0.717) is 47.3 Å². The summed E-state index contributed by atoms with van der Waals surface area (Å²) < 4.78 is 18.2. The summed E-state index contributed by atoms with van der Waals surface area (Å²) in [5.41, 5.74) is 3.50. The van der Waals surface area contributed by atoms with Gasteiger partial charge in [-0.15, -0.1) is 0 Å². The summed E-state index contributed by atoms with van der Waals surface area (Å²) >= 11 is 6.04. The number of fused-ring (bicyclic) bond motifs is 1. The number of methoxy groups -OCH3 is 3. The van der Waals surface area contributed by atoms with Gasteiger partial charge < -0.3 is 24.1 Å². The molecular formula is C26H26ClN3O4. The minimum Gasteiger partial charge on any atom is -0.493 e. The van der Waals surface area contributed by atoms with E-state index in [0.717, 1.165) is 22.4 Å². The smallest absolute Gasteiger partial charge is 0.251 e. The van der Waals surface area contributed by atoms with Gasteiger partial charge in [-0.05, 0) is 42.0 Å². The molecule has 34 heavy (non-hydrogen) atoms. The van der Waals surface area contributed by atoms with Crippen LogP contribution in [0.15, 0.2) is 60.7 Å². The number of imidazole rings is 1. The fourth-order valence-electron chi connectivity index (χ4n) is 3.87. The number of nitrogens with one attached hydrogen (secondary N) is 1. The quantitative estimate of drug-likeness (QED) is 0.375. The molecule has 0 saturated heterocycles. The van der Waals surface area contributed by atoms with Crippen LogP contribution in [0.3, 0.4) is 0 Å². The standard InChI is InChI=1S/C26H26ClN3O4/c1-32-22-14-18(15-23(33-2)25(22)34-3)26(31)28-13-12-24-29-20-6-4-5-7-21(20)30(24)16-17-8-10-19(27)11-9-17/h4-11,14-15H,12-13,16H2,1-3H3,(H,28,31). The SMILES string of the molecule is COc1cc(C(=O)NCCc2nc3ccccc3n2Cc2ccc(Cl)cc2)cc(OC)c1OC. The molecule has 0 aliphatic heterocycles. The van der Waals surface area contributed by atoms with Crippen LogP contribution < -0.4 is 19.5 Å². The van der Waals surface area contributed by atoms with Crippen molar-refractivity contribution in [1.29, 1.82) is 0 Å². The second-order valence-corrected chi connectivity index (χ2v) is 8.09. The van der Waals surface area contributed by atoms with Gasteiger partial charge in [0, 0.05) is 30.1 Å². The lowest BCUT2D eigenvalue weighted by Crippen LogP contribution is -2.26. The van der Waals surface area contributed by atoms with Crippen LogP contribution in [0.1, 0.15) is 21.7 Å². The van der Waals surface area contributed by atoms with Gasteiger partial charge in [0.05, 0.1) is 32.4 Å². The van der Waals surface area contributed by atoms with Crippen LogP contribution in [0.25, 0.3) is 11.0 Å². The highest BCUT2D eigenvalue weighted by atomic mass is 35.5. The van der Waals surface area contributed by atoms with Crippen LogP contribution >= 0.6 is 11.6 Å². The molecule has 0 aliphatic rings. The third-order valence-corrected chi connectivity index (χ3v) is 5.80. The Labute approximate surface area is 203 Å². The first-order valence-electron chi connectivity index (χ1n) is 10.8. The van der Waals surface area contributed by atoms with Crippen LogP contribution in [0.2, 0.25) is 5.02 Å². The number of aromatic nitrogens is 2. The zero-order valence-electron chi connectivity index (χ0n) is 19.3. The number of nitrogens with zero attached hydrogens (tertiary/aromatic N) is 2. The molecule has 1 amide bonds. The molecular weight excluding hydrogens is 454 g/mol. The molecule has 4 aromatic rings. The Morgan fingerprint density at radius 3 is 2.29 bits per heavy atom. The van der Waals surface area contributed by atoms with E-state index in [1.165, 1.54) is 21.3 Å². The zero-order chi connectivity index (χ0) is 24.1. The highest BCUT2D eigenvalue weighted by molar-refractivity contribution is 6.30. The Hall–Kier alpha value is -3.71. The first kappa shape index (κ1) is 23.4. The van der Waals surface area contributed by atoms with Crippen LogP contribution in [-0.2, 0) is 13.0 Å². The van der Waals surface area contributed by atoms with Crippen molar-refractivity contribution in [1.82, 2.24) is 14.9 Å². The molecule has 0 aliphatic carbocycles. The van der Waals surface area contributed by atoms with Crippen LogP contribution in [0.5, 0.6) is 17.2 Å². The number of hydrogen-bond acceptors (Lipinski definition) is 5. The first-order chi connectivity index (χ1) is 16.5. The number of carbonyl (C=O) groups is 1. The van der Waals surface area contributed by atoms with Crippen molar-refractivity contribution in [3.8, 4) is 17.2 Å². The van der Waals surface area contributed by atoms with Gasteiger partial charge in [0.1, 0.15) is 5.82 Å². The van der Waals surface area contributed by atoms with E-state index in [1.807, 2.05) is 42.5 Å². The van der Waals surface area contributed by atoms with E-state index >= 15 is 0 Å². The van der Waals surface area contributed by atoms with E-state index in [4.69, 9.17) is 30.8 Å². The van der Waals surface area contributed by atoms with Crippen LogP contribution in [-0.4, -0.2) is 43.3 Å². The molecule has 7 nitrogen and oxygen atoms in total. The predicted octanol–water partition coefficient (Wildman–Crippen LogP) is 4.74. The minimum absolute atomic E-state index is 0.236. The summed E-state index contributed by atoms with van der Waals surface area (Å²) in [5, 5.41) is 3.67. The van der Waals surface area contributed by atoms with Gasteiger partial charge in [0.15, 0.2) is 11.5 Å². The minimum atomic E-state index is -0.236. The topological polar surface area (TPSA) is 74.6 Å². The third kappa shape index (κ3) is 4.94. The Balaban J connectivity index is 1.52. The van der Waals surface area contributed by atoms with E-state index < -0.39 is 0 Å². The molecule has 8 heteroatoms. The van der Waals surface area contributed by atoms with Crippen molar-refractivity contribution in [3.63, 3.8) is 0 Å². The molecule has 0 fully saturated rings. The monoisotopic (exact) mass is 479 g/mol. The van der Waals surface area contributed by atoms with Gasteiger partial charge in [-0.25, -0.2) is 4.98 Å². The lowest BCUT2D eigenvalue weighted by Gasteiger charge is -2.14. The number of halogens is 1. The molecule has 1 aromatic heterocycles. The van der Waals surface area contributed by atoms with Crippen molar-refractivity contribution < 1.29 is 19.0 Å². The molecule has 176 valence electrons. The Morgan fingerprint density at radius 1 is 0.971 bits per heavy atom. The normalized spacial score (nSPS) is 10.8. The number of ether oxygens (including phenoxy) is 3. The summed E-state index contributed by atoms with van der Waals surface area (Å²) in [6, 6.07) is 19.1. The Kier molecular flexibility index (Phi) is 7.23. The van der Waals surface area contributed by atoms with Gasteiger partial charge in [-0.2, -0.15) is 0 Å². The fraction of sp³-hybridized carbons (Fsp3) is 0.231. The zero-order valence-corrected chi connectivity index (χ0v) is 20.1. The van der Waals surface area contributed by atoms with E-state index in [2.05, 4.69) is 16.0 Å². The van der Waals surface area contributed by atoms with Crippen molar-refractivity contribution in [2.75, 3.05) is 27.9 Å². The molecule has 1 heterocycles. The molecule has 3 aromatic carbocycles. The molecule has 0 saturated carbocycles. The first-order valence-corrected chi connectivity index (χ1v) is 11.2. The number of carbonyl (C=O) groups excluding carboxylic acids is 1. The summed E-state index contributed by atoms with van der Waals surface area (Å²) in [7, 11) is 4.56. The molecule has 0 atom stereocenters. The van der Waals surface area contributed by atoms with Crippen molar-refractivity contribution in [3.05, 3.63) is 82.6 Å². The number of amides is 1. The molecule has 0 unspecified atom stereocenters. The summed E-state index contributed by atoms with van der Waals surface area (Å²) in [4.78, 5) is 17.7. The van der Waals surface area contributed by atoms with E-state index in [-0.39, 0.29) is 5.91 Å². The number of hydrogen-bond donors (Lipinski definition) is 1. The van der Waals surface area contributed by atoms with Gasteiger partial charge >= 0.3 is 0 Å². The average molecular weight is 480 g/mol. The van der Waals surface area contributed by atoms with E-state index in [1.54, 1.807) is 12.1 Å². The highest BCUT2D eigenvalue weighted by Crippen LogP contribution is 2.38. The number of rotatable bonds is 9. The molecule has 1 N–H and O–H groups in total. The van der Waals surface area contributed by atoms with Crippen molar-refractivity contribution >= 4 is 28.5 Å². The average Bonchev–Trinajstić information content (AvgIpc) is 3.21. The highest BCUT2D eigenvalue weighted by Gasteiger charge is 2.17. The maximum absolute atomic E-state index is 12.8. The maximum Gasteiger partial charge on any atom is 0.251 e. The Morgan fingerprint density at radius 2 is 1.65 bits per heavy atom. The molecule has 0 bridgehead atoms. The Bertz CT molecular complexity index is 1280. The second kappa shape index (κ2) is 10.5. The van der Waals surface area contributed by atoms with Gasteiger partial charge in [0.25, 0.3) is 5.91 Å². The maximum atomic E-state index is 12.8. The predicted molar refractivity (Wildman–Crippen MR) is 132 cm³/mol. The largest absolute Gasteiger partial charge is 0.493 e. The van der Waals surface area contributed by atoms with Crippen LogP contribution in [0.4, 0.5) is 0 Å². The number of benzene rings is 3. The molecule has 0 radical (unpaired) electrons. The summed E-state index contributed by atoms with van der Waals surface area (Å²) in [6.45, 7) is 1.08. The van der Waals surface area contributed by atoms with E-state index in [9.17, 15) is 4.79 Å². The fourth-order valence-corrected chi connectivity index (χ4v) is 3.99. The molecule has 0 spiro atoms. The summed E-state index contributed by atoms with van der Waals surface area (Å²) in [5.74, 6) is 1.95. The summed E-state index contributed by atoms with van der Waals surface area (Å²) in [6.07, 6.45) is 0.568. The lowest BCUT2D eigenvalue weighted by molar-refractivity contribution is 0.0953.